The first-order valence-electron chi connectivity index (χ1n) is 7.96. The minimum Gasteiger partial charge on any atom is -0.871 e. The van der Waals surface area contributed by atoms with Gasteiger partial charge in [0.15, 0.2) is 0 Å². The number of ether oxygens (including phenoxy) is 1. The summed E-state index contributed by atoms with van der Waals surface area (Å²) >= 11 is 0. The van der Waals surface area contributed by atoms with Crippen molar-refractivity contribution in [1.29, 1.82) is 0 Å². The standard InChI is InChI=1S/C18H22O5S.Na/c1-2-3-4-6-9-14-12-16(23-15-10-7-5-8-11-15)13-17(18(14)19)24(20,21)22;/h5,7-8,10-13,19H,2-4,6,9H2,1H3,(H,20,21,22);/q;+1/p-1. The average Bonchev–Trinajstić information content (AvgIpc) is 2.54. The zero-order valence-corrected chi connectivity index (χ0v) is 17.4. The Bertz CT molecular complexity index is 776. The van der Waals surface area contributed by atoms with Gasteiger partial charge in [-0.25, -0.2) is 0 Å². The molecule has 0 aromatic heterocycles. The van der Waals surface area contributed by atoms with Gasteiger partial charge in [0.05, 0.1) is 4.90 Å². The van der Waals surface area contributed by atoms with E-state index in [2.05, 4.69) is 6.92 Å². The van der Waals surface area contributed by atoms with E-state index in [4.69, 9.17) is 4.74 Å². The largest absolute Gasteiger partial charge is 1.00 e. The maximum absolute atomic E-state index is 12.3. The van der Waals surface area contributed by atoms with Crippen LogP contribution in [0.2, 0.25) is 0 Å². The molecule has 0 radical (unpaired) electrons. The Labute approximate surface area is 171 Å². The molecule has 0 aliphatic heterocycles. The third-order valence-electron chi connectivity index (χ3n) is 3.66. The van der Waals surface area contributed by atoms with Crippen LogP contribution >= 0.6 is 0 Å². The smallest absolute Gasteiger partial charge is 0.871 e. The van der Waals surface area contributed by atoms with Gasteiger partial charge in [-0.15, -0.1) is 0 Å². The van der Waals surface area contributed by atoms with Crippen molar-refractivity contribution in [1.82, 2.24) is 0 Å². The third kappa shape index (κ3) is 6.64. The van der Waals surface area contributed by atoms with E-state index in [0.29, 0.717) is 17.7 Å². The van der Waals surface area contributed by atoms with Crippen LogP contribution in [0.5, 0.6) is 17.2 Å². The predicted molar refractivity (Wildman–Crippen MR) is 90.1 cm³/mol. The Morgan fingerprint density at radius 2 is 1.72 bits per heavy atom. The molecule has 2 aromatic carbocycles. The summed E-state index contributed by atoms with van der Waals surface area (Å²) in [5.74, 6) is 0.0858. The Morgan fingerprint density at radius 3 is 2.32 bits per heavy atom. The maximum Gasteiger partial charge on any atom is 1.00 e. The molecule has 1 N–H and O–H groups in total. The topological polar surface area (TPSA) is 86.7 Å². The fourth-order valence-electron chi connectivity index (χ4n) is 2.44. The second kappa shape index (κ2) is 10.2. The van der Waals surface area contributed by atoms with Crippen molar-refractivity contribution in [3.8, 4) is 17.2 Å². The van der Waals surface area contributed by atoms with E-state index in [1.54, 1.807) is 30.3 Å². The molecule has 0 heterocycles. The summed E-state index contributed by atoms with van der Waals surface area (Å²) < 4.78 is 37.9. The van der Waals surface area contributed by atoms with Gasteiger partial charge in [0, 0.05) is 6.07 Å². The van der Waals surface area contributed by atoms with E-state index in [9.17, 15) is 18.1 Å². The Kier molecular flexibility index (Phi) is 8.96. The van der Waals surface area contributed by atoms with Gasteiger partial charge in [0.25, 0.3) is 10.1 Å². The number of benzene rings is 2. The van der Waals surface area contributed by atoms with E-state index < -0.39 is 20.8 Å². The number of hydrogen-bond acceptors (Lipinski definition) is 4. The molecule has 0 aliphatic carbocycles. The van der Waals surface area contributed by atoms with Gasteiger partial charge < -0.3 is 9.84 Å². The number of hydrogen-bond donors (Lipinski definition) is 1. The van der Waals surface area contributed by atoms with Crippen LogP contribution in [0.4, 0.5) is 0 Å². The molecule has 0 aliphatic rings. The van der Waals surface area contributed by atoms with Crippen molar-refractivity contribution in [2.24, 2.45) is 0 Å². The normalized spacial score (nSPS) is 11.0. The molecule has 0 bridgehead atoms. The molecule has 0 unspecified atom stereocenters. The van der Waals surface area contributed by atoms with Crippen molar-refractivity contribution in [2.75, 3.05) is 0 Å². The molecule has 0 saturated heterocycles. The van der Waals surface area contributed by atoms with Gasteiger partial charge in [-0.2, -0.15) is 8.42 Å². The first-order valence-corrected chi connectivity index (χ1v) is 9.40. The van der Waals surface area contributed by atoms with E-state index in [-0.39, 0.29) is 35.3 Å². The maximum atomic E-state index is 12.3. The minimum absolute atomic E-state index is 0. The Hall–Kier alpha value is -1.05. The summed E-state index contributed by atoms with van der Waals surface area (Å²) in [6.45, 7) is 2.09. The molecule has 0 atom stereocenters. The Morgan fingerprint density at radius 1 is 1.04 bits per heavy atom. The molecular formula is C18H21NaO5S. The van der Waals surface area contributed by atoms with Gasteiger partial charge in [0.1, 0.15) is 11.5 Å². The molecule has 0 saturated carbocycles. The fourth-order valence-corrected chi connectivity index (χ4v) is 3.07. The first-order chi connectivity index (χ1) is 11.4. The number of unbranched alkanes of at least 4 members (excludes halogenated alkanes) is 3. The summed E-state index contributed by atoms with van der Waals surface area (Å²) in [5, 5.41) is 12.3. The van der Waals surface area contributed by atoms with Crippen LogP contribution in [0.15, 0.2) is 47.4 Å². The molecule has 7 heteroatoms. The number of rotatable bonds is 8. The minimum atomic E-state index is -4.60. The van der Waals surface area contributed by atoms with Crippen molar-refractivity contribution in [3.05, 3.63) is 48.0 Å². The summed E-state index contributed by atoms with van der Waals surface area (Å²) in [7, 11) is -4.60. The van der Waals surface area contributed by atoms with Crippen LogP contribution in [-0.4, -0.2) is 13.0 Å². The molecule has 0 amide bonds. The second-order valence-corrected chi connectivity index (χ2v) is 7.00. The molecule has 5 nitrogen and oxygen atoms in total. The summed E-state index contributed by atoms with van der Waals surface area (Å²) in [4.78, 5) is -0.638. The molecular weight excluding hydrogens is 351 g/mol. The van der Waals surface area contributed by atoms with Gasteiger partial charge in [-0.05, 0) is 31.0 Å². The van der Waals surface area contributed by atoms with Crippen LogP contribution in [0.1, 0.15) is 38.2 Å². The summed E-state index contributed by atoms with van der Waals surface area (Å²) in [6.07, 6.45) is 4.31. The van der Waals surface area contributed by atoms with Crippen molar-refractivity contribution in [2.45, 2.75) is 43.9 Å². The molecule has 2 aromatic rings. The molecule has 130 valence electrons. The van der Waals surface area contributed by atoms with Gasteiger partial charge in [-0.1, -0.05) is 55.7 Å². The molecule has 0 fully saturated rings. The van der Waals surface area contributed by atoms with Gasteiger partial charge in [-0.3, -0.25) is 4.55 Å². The summed E-state index contributed by atoms with van der Waals surface area (Å²) in [5.41, 5.74) is 0.340. The van der Waals surface area contributed by atoms with E-state index in [0.717, 1.165) is 31.7 Å². The summed E-state index contributed by atoms with van der Waals surface area (Å²) in [6, 6.07) is 11.5. The SMILES string of the molecule is CCCCCCc1cc(Oc2ccccc2)cc(S(=O)(=O)O)c1[O-].[Na+]. The van der Waals surface area contributed by atoms with Crippen LogP contribution in [0.3, 0.4) is 0 Å². The number of aryl methyl sites for hydroxylation is 1. The van der Waals surface area contributed by atoms with Crippen LogP contribution in [0, 0.1) is 0 Å². The molecule has 25 heavy (non-hydrogen) atoms. The Balaban J connectivity index is 0.00000312. The zero-order chi connectivity index (χ0) is 17.6. The third-order valence-corrected chi connectivity index (χ3v) is 4.52. The van der Waals surface area contributed by atoms with Gasteiger partial charge >= 0.3 is 29.6 Å². The van der Waals surface area contributed by atoms with Crippen LogP contribution in [0.25, 0.3) is 0 Å². The predicted octanol–water partition coefficient (Wildman–Crippen LogP) is 0.926. The first kappa shape index (κ1) is 22.0. The number of para-hydroxylation sites is 1. The average molecular weight is 372 g/mol. The van der Waals surface area contributed by atoms with Gasteiger partial charge in [0.2, 0.25) is 0 Å². The quantitative estimate of drug-likeness (QED) is 0.423. The fraction of sp³-hybridized carbons (Fsp3) is 0.333. The van der Waals surface area contributed by atoms with Crippen molar-refractivity contribution < 1.29 is 52.4 Å². The van der Waals surface area contributed by atoms with E-state index >= 15 is 0 Å². The van der Waals surface area contributed by atoms with E-state index in [1.807, 2.05) is 6.07 Å². The van der Waals surface area contributed by atoms with Crippen molar-refractivity contribution in [3.63, 3.8) is 0 Å². The second-order valence-electron chi connectivity index (χ2n) is 5.61. The van der Waals surface area contributed by atoms with Crippen LogP contribution < -0.4 is 39.4 Å². The van der Waals surface area contributed by atoms with Crippen molar-refractivity contribution >= 4 is 10.1 Å². The van der Waals surface area contributed by atoms with Crippen LogP contribution in [-0.2, 0) is 16.5 Å². The zero-order valence-electron chi connectivity index (χ0n) is 14.6. The molecule has 0 spiro atoms. The molecule has 2 rings (SSSR count). The van der Waals surface area contributed by atoms with E-state index in [1.165, 1.54) is 0 Å². The monoisotopic (exact) mass is 372 g/mol.